The number of amides is 1. The molecule has 2 saturated heterocycles. The van der Waals surface area contributed by atoms with Gasteiger partial charge in [-0.1, -0.05) is 6.92 Å². The minimum Gasteiger partial charge on any atom is -0.326 e. The summed E-state index contributed by atoms with van der Waals surface area (Å²) < 4.78 is 0. The molecule has 0 bridgehead atoms. The lowest BCUT2D eigenvalue weighted by Gasteiger charge is -2.24. The van der Waals surface area contributed by atoms with E-state index < -0.39 is 0 Å². The van der Waals surface area contributed by atoms with Crippen LogP contribution < -0.4 is 5.32 Å². The molecule has 0 aromatic carbocycles. The van der Waals surface area contributed by atoms with Gasteiger partial charge in [0, 0.05) is 6.54 Å². The fraction of sp³-hybridized carbons (Fsp3) is 0.929. The first kappa shape index (κ1) is 12.4. The molecule has 2 aliphatic heterocycles. The summed E-state index contributed by atoms with van der Waals surface area (Å²) in [7, 11) is 0. The van der Waals surface area contributed by atoms with Gasteiger partial charge in [0.25, 0.3) is 0 Å². The number of nitrogens with zero attached hydrogens (tertiary/aromatic N) is 2. The van der Waals surface area contributed by atoms with Crippen molar-refractivity contribution in [2.75, 3.05) is 26.2 Å². The molecule has 0 aromatic rings. The van der Waals surface area contributed by atoms with E-state index in [9.17, 15) is 4.79 Å². The standard InChI is InChI=1S/C14H25N3O/c1-2-12-15-14(6-7-14)13(18)17(12)11-5-10-16-8-3-4-9-16/h12,15H,2-11H2,1H3. The normalized spacial score (nSPS) is 30.6. The van der Waals surface area contributed by atoms with Gasteiger partial charge in [0.15, 0.2) is 0 Å². The van der Waals surface area contributed by atoms with Crippen molar-refractivity contribution < 1.29 is 4.79 Å². The Balaban J connectivity index is 1.49. The fourth-order valence-electron chi connectivity index (χ4n) is 3.41. The van der Waals surface area contributed by atoms with E-state index in [1.54, 1.807) is 0 Å². The molecular formula is C14H25N3O. The topological polar surface area (TPSA) is 35.6 Å². The predicted octanol–water partition coefficient (Wildman–Crippen LogP) is 1.17. The summed E-state index contributed by atoms with van der Waals surface area (Å²) >= 11 is 0. The second-order valence-electron chi connectivity index (χ2n) is 6.05. The van der Waals surface area contributed by atoms with Crippen LogP contribution in [0, 0.1) is 0 Å². The van der Waals surface area contributed by atoms with Crippen LogP contribution in [0.3, 0.4) is 0 Å². The zero-order valence-electron chi connectivity index (χ0n) is 11.5. The molecule has 4 nitrogen and oxygen atoms in total. The van der Waals surface area contributed by atoms with Crippen molar-refractivity contribution in [3.63, 3.8) is 0 Å². The van der Waals surface area contributed by atoms with E-state index in [2.05, 4.69) is 22.0 Å². The van der Waals surface area contributed by atoms with Crippen LogP contribution in [0.1, 0.15) is 45.4 Å². The summed E-state index contributed by atoms with van der Waals surface area (Å²) in [4.78, 5) is 17.0. The Hall–Kier alpha value is -0.610. The van der Waals surface area contributed by atoms with E-state index in [4.69, 9.17) is 0 Å². The highest BCUT2D eigenvalue weighted by molar-refractivity contribution is 5.91. The molecule has 1 aliphatic carbocycles. The van der Waals surface area contributed by atoms with Crippen LogP contribution in [-0.4, -0.2) is 53.6 Å². The zero-order chi connectivity index (χ0) is 12.6. The van der Waals surface area contributed by atoms with Gasteiger partial charge in [0.2, 0.25) is 5.91 Å². The van der Waals surface area contributed by atoms with Crippen LogP contribution in [0.2, 0.25) is 0 Å². The molecule has 102 valence electrons. The largest absolute Gasteiger partial charge is 0.326 e. The Morgan fingerprint density at radius 3 is 2.61 bits per heavy atom. The number of carbonyl (C=O) groups is 1. The van der Waals surface area contributed by atoms with Crippen LogP contribution >= 0.6 is 0 Å². The highest BCUT2D eigenvalue weighted by atomic mass is 16.2. The van der Waals surface area contributed by atoms with Gasteiger partial charge in [-0.3, -0.25) is 10.1 Å². The molecule has 1 spiro atoms. The number of carbonyl (C=O) groups excluding carboxylic acids is 1. The molecule has 1 atom stereocenters. The van der Waals surface area contributed by atoms with Crippen LogP contribution in [0.15, 0.2) is 0 Å². The molecule has 0 aromatic heterocycles. The third-order valence-corrected chi connectivity index (χ3v) is 4.70. The highest BCUT2D eigenvalue weighted by Gasteiger charge is 2.58. The van der Waals surface area contributed by atoms with E-state index in [0.717, 1.165) is 38.8 Å². The molecule has 1 N–H and O–H groups in total. The zero-order valence-corrected chi connectivity index (χ0v) is 11.5. The summed E-state index contributed by atoms with van der Waals surface area (Å²) in [6, 6.07) is 0. The van der Waals surface area contributed by atoms with E-state index in [1.807, 2.05) is 0 Å². The first-order valence-corrected chi connectivity index (χ1v) is 7.56. The summed E-state index contributed by atoms with van der Waals surface area (Å²) in [5.41, 5.74) is -0.131. The fourth-order valence-corrected chi connectivity index (χ4v) is 3.41. The predicted molar refractivity (Wildman–Crippen MR) is 71.2 cm³/mol. The minimum atomic E-state index is -0.131. The van der Waals surface area contributed by atoms with Crippen LogP contribution in [-0.2, 0) is 4.79 Å². The van der Waals surface area contributed by atoms with Gasteiger partial charge < -0.3 is 9.80 Å². The Morgan fingerprint density at radius 2 is 2.00 bits per heavy atom. The summed E-state index contributed by atoms with van der Waals surface area (Å²) in [5.74, 6) is 0.371. The quantitative estimate of drug-likeness (QED) is 0.797. The van der Waals surface area contributed by atoms with Gasteiger partial charge in [-0.2, -0.15) is 0 Å². The van der Waals surface area contributed by atoms with Crippen molar-refractivity contribution in [3.8, 4) is 0 Å². The summed E-state index contributed by atoms with van der Waals surface area (Å²) in [6.45, 7) is 6.77. The Morgan fingerprint density at radius 1 is 1.28 bits per heavy atom. The van der Waals surface area contributed by atoms with E-state index in [-0.39, 0.29) is 5.54 Å². The van der Waals surface area contributed by atoms with Gasteiger partial charge in [0.05, 0.1) is 11.7 Å². The number of nitrogens with one attached hydrogen (secondary N) is 1. The maximum absolute atomic E-state index is 12.3. The highest BCUT2D eigenvalue weighted by Crippen LogP contribution is 2.42. The van der Waals surface area contributed by atoms with Gasteiger partial charge in [-0.15, -0.1) is 0 Å². The van der Waals surface area contributed by atoms with Crippen molar-refractivity contribution in [2.45, 2.75) is 57.2 Å². The lowest BCUT2D eigenvalue weighted by Crippen LogP contribution is -2.38. The Labute approximate surface area is 110 Å². The number of hydrogen-bond acceptors (Lipinski definition) is 3. The van der Waals surface area contributed by atoms with Crippen molar-refractivity contribution in [3.05, 3.63) is 0 Å². The maximum atomic E-state index is 12.3. The molecule has 0 radical (unpaired) electrons. The molecule has 4 heteroatoms. The van der Waals surface area contributed by atoms with Crippen LogP contribution in [0.25, 0.3) is 0 Å². The first-order valence-electron chi connectivity index (χ1n) is 7.56. The number of rotatable bonds is 5. The average molecular weight is 251 g/mol. The van der Waals surface area contributed by atoms with Crippen molar-refractivity contribution in [1.29, 1.82) is 0 Å². The molecule has 1 saturated carbocycles. The summed E-state index contributed by atoms with van der Waals surface area (Å²) in [5, 5.41) is 3.53. The van der Waals surface area contributed by atoms with Crippen molar-refractivity contribution in [2.24, 2.45) is 0 Å². The second-order valence-corrected chi connectivity index (χ2v) is 6.05. The molecule has 2 heterocycles. The number of hydrogen-bond donors (Lipinski definition) is 1. The molecular weight excluding hydrogens is 226 g/mol. The third-order valence-electron chi connectivity index (χ3n) is 4.70. The van der Waals surface area contributed by atoms with Gasteiger partial charge in [-0.25, -0.2) is 0 Å². The maximum Gasteiger partial charge on any atom is 0.244 e. The van der Waals surface area contributed by atoms with E-state index in [0.29, 0.717) is 12.1 Å². The van der Waals surface area contributed by atoms with Crippen LogP contribution in [0.5, 0.6) is 0 Å². The van der Waals surface area contributed by atoms with E-state index in [1.165, 1.54) is 25.9 Å². The Bertz CT molecular complexity index is 321. The SMILES string of the molecule is CCC1NC2(CC2)C(=O)N1CCCN1CCCC1. The first-order chi connectivity index (χ1) is 8.75. The smallest absolute Gasteiger partial charge is 0.244 e. The molecule has 1 amide bonds. The molecule has 3 rings (SSSR count). The van der Waals surface area contributed by atoms with Crippen molar-refractivity contribution >= 4 is 5.91 Å². The molecule has 18 heavy (non-hydrogen) atoms. The lowest BCUT2D eigenvalue weighted by atomic mass is 10.2. The van der Waals surface area contributed by atoms with Gasteiger partial charge in [-0.05, 0) is 58.2 Å². The van der Waals surface area contributed by atoms with Crippen LogP contribution in [0.4, 0.5) is 0 Å². The second kappa shape index (κ2) is 4.82. The van der Waals surface area contributed by atoms with Gasteiger partial charge in [0.1, 0.15) is 0 Å². The Kier molecular flexibility index (Phi) is 3.32. The van der Waals surface area contributed by atoms with Gasteiger partial charge >= 0.3 is 0 Å². The average Bonchev–Trinajstić information content (AvgIpc) is 2.87. The van der Waals surface area contributed by atoms with E-state index >= 15 is 0 Å². The number of likely N-dealkylation sites (tertiary alicyclic amines) is 1. The molecule has 3 aliphatic rings. The summed E-state index contributed by atoms with van der Waals surface area (Å²) in [6.07, 6.45) is 7.24. The van der Waals surface area contributed by atoms with Crippen molar-refractivity contribution in [1.82, 2.24) is 15.1 Å². The monoisotopic (exact) mass is 251 g/mol. The minimum absolute atomic E-state index is 0.131. The molecule has 3 fully saturated rings. The molecule has 1 unspecified atom stereocenters. The lowest BCUT2D eigenvalue weighted by molar-refractivity contribution is -0.130. The third kappa shape index (κ3) is 2.16.